The molecule has 0 unspecified atom stereocenters. The van der Waals surface area contributed by atoms with Gasteiger partial charge in [-0.25, -0.2) is 4.39 Å². The molecule has 0 saturated heterocycles. The summed E-state index contributed by atoms with van der Waals surface area (Å²) in [4.78, 5) is 12.4. The highest BCUT2D eigenvalue weighted by atomic mass is 127. The van der Waals surface area contributed by atoms with Crippen molar-refractivity contribution in [2.45, 2.75) is 33.3 Å². The lowest BCUT2D eigenvalue weighted by molar-refractivity contribution is 0.0786. The van der Waals surface area contributed by atoms with Gasteiger partial charge < -0.3 is 19.1 Å². The van der Waals surface area contributed by atoms with Crippen molar-refractivity contribution in [1.82, 2.24) is 4.57 Å². The molecule has 0 atom stereocenters. The number of pyridine rings is 1. The molecule has 5 nitrogen and oxygen atoms in total. The van der Waals surface area contributed by atoms with E-state index in [9.17, 15) is 14.3 Å². The van der Waals surface area contributed by atoms with Crippen molar-refractivity contribution < 1.29 is 19.0 Å². The third-order valence-corrected chi connectivity index (χ3v) is 6.04. The van der Waals surface area contributed by atoms with E-state index in [1.54, 1.807) is 53.1 Å². The first-order chi connectivity index (χ1) is 14.4. The molecule has 0 aliphatic rings. The fourth-order valence-corrected chi connectivity index (χ4v) is 4.34. The van der Waals surface area contributed by atoms with Crippen LogP contribution in [0.4, 0.5) is 4.39 Å². The van der Waals surface area contributed by atoms with Crippen molar-refractivity contribution in [2.24, 2.45) is 7.05 Å². The van der Waals surface area contributed by atoms with Gasteiger partial charge in [-0.3, -0.25) is 4.79 Å². The predicted octanol–water partition coefficient (Wildman–Crippen LogP) is 5.44. The highest BCUT2D eigenvalue weighted by molar-refractivity contribution is 14.1. The van der Waals surface area contributed by atoms with Gasteiger partial charge in [-0.2, -0.15) is 0 Å². The number of benzene rings is 2. The Morgan fingerprint density at radius 1 is 1.06 bits per heavy atom. The number of aliphatic hydroxyl groups is 1. The second-order valence-electron chi connectivity index (χ2n) is 8.05. The first-order valence-electron chi connectivity index (χ1n) is 9.69. The largest absolute Gasteiger partial charge is 0.495 e. The van der Waals surface area contributed by atoms with E-state index in [-0.39, 0.29) is 11.4 Å². The molecule has 7 heteroatoms. The van der Waals surface area contributed by atoms with Gasteiger partial charge >= 0.3 is 0 Å². The molecule has 1 aromatic heterocycles. The summed E-state index contributed by atoms with van der Waals surface area (Å²) in [6.07, 6.45) is 1.68. The Morgan fingerprint density at radius 2 is 1.68 bits per heavy atom. The lowest BCUT2D eigenvalue weighted by Gasteiger charge is -2.22. The fourth-order valence-electron chi connectivity index (χ4n) is 3.45. The Morgan fingerprint density at radius 3 is 2.23 bits per heavy atom. The van der Waals surface area contributed by atoms with E-state index in [0.29, 0.717) is 48.6 Å². The van der Waals surface area contributed by atoms with Crippen LogP contribution in [0.5, 0.6) is 17.2 Å². The van der Waals surface area contributed by atoms with E-state index in [1.165, 1.54) is 23.8 Å². The number of halogens is 2. The molecule has 0 bridgehead atoms. The molecule has 0 radical (unpaired) electrons. The molecule has 0 fully saturated rings. The van der Waals surface area contributed by atoms with Crippen molar-refractivity contribution in [3.05, 3.63) is 73.0 Å². The lowest BCUT2D eigenvalue weighted by atomic mass is 9.93. The Kier molecular flexibility index (Phi) is 6.48. The van der Waals surface area contributed by atoms with Crippen LogP contribution in [0.15, 0.2) is 41.3 Å². The smallest absolute Gasteiger partial charge is 0.267 e. The highest BCUT2D eigenvalue weighted by Crippen LogP contribution is 2.42. The number of rotatable bonds is 5. The zero-order valence-corrected chi connectivity index (χ0v) is 20.5. The molecule has 0 amide bonds. The molecule has 3 rings (SSSR count). The van der Waals surface area contributed by atoms with Crippen molar-refractivity contribution in [1.29, 1.82) is 0 Å². The summed E-state index contributed by atoms with van der Waals surface area (Å²) in [5.41, 5.74) is 2.03. The number of ether oxygens (including phenoxy) is 2. The molecule has 2 aromatic carbocycles. The summed E-state index contributed by atoms with van der Waals surface area (Å²) >= 11 is 1.97. The SMILES string of the molecule is COc1c(-c2cc(C(C)(C)O)ccc2Oc2c(C)cc(F)cc2C)cn(C)c(=O)c1I. The summed E-state index contributed by atoms with van der Waals surface area (Å²) < 4.78 is 27.5. The summed E-state index contributed by atoms with van der Waals surface area (Å²) in [5, 5.41) is 10.6. The summed E-state index contributed by atoms with van der Waals surface area (Å²) in [6, 6.07) is 8.21. The number of aryl methyl sites for hydroxylation is 3. The number of nitrogens with zero attached hydrogens (tertiary/aromatic N) is 1. The number of hydrogen-bond acceptors (Lipinski definition) is 4. The number of hydrogen-bond donors (Lipinski definition) is 1. The standard InChI is InChI=1S/C24H25FINO4/c1-13-9-16(25)10-14(2)21(13)31-19-8-7-15(24(3,4)29)11-17(19)18-12-27(5)23(28)20(26)22(18)30-6/h7-12,29H,1-6H3. The molecule has 0 saturated carbocycles. The third kappa shape index (κ3) is 4.62. The molecule has 31 heavy (non-hydrogen) atoms. The molecular formula is C24H25FINO4. The van der Waals surface area contributed by atoms with Crippen molar-refractivity contribution in [2.75, 3.05) is 7.11 Å². The molecule has 1 N–H and O–H groups in total. The minimum absolute atomic E-state index is 0.174. The van der Waals surface area contributed by atoms with Crippen LogP contribution in [0.3, 0.4) is 0 Å². The van der Waals surface area contributed by atoms with Gasteiger partial charge in [-0.1, -0.05) is 6.07 Å². The van der Waals surface area contributed by atoms with Crippen LogP contribution in [0.2, 0.25) is 0 Å². The highest BCUT2D eigenvalue weighted by Gasteiger charge is 2.23. The van der Waals surface area contributed by atoms with Crippen LogP contribution in [0.25, 0.3) is 11.1 Å². The van der Waals surface area contributed by atoms with E-state index in [4.69, 9.17) is 9.47 Å². The van der Waals surface area contributed by atoms with Crippen molar-refractivity contribution in [3.8, 4) is 28.4 Å². The van der Waals surface area contributed by atoms with Crippen molar-refractivity contribution in [3.63, 3.8) is 0 Å². The van der Waals surface area contributed by atoms with Gasteiger partial charge in [0, 0.05) is 24.4 Å². The molecule has 3 aromatic rings. The van der Waals surface area contributed by atoms with Crippen LogP contribution in [-0.4, -0.2) is 16.8 Å². The molecule has 0 aliphatic heterocycles. The zero-order valence-electron chi connectivity index (χ0n) is 18.3. The van der Waals surface area contributed by atoms with E-state index < -0.39 is 5.60 Å². The predicted molar refractivity (Wildman–Crippen MR) is 128 cm³/mol. The maximum atomic E-state index is 13.8. The molecule has 1 heterocycles. The van der Waals surface area contributed by atoms with Crippen LogP contribution >= 0.6 is 22.6 Å². The summed E-state index contributed by atoms with van der Waals surface area (Å²) in [6.45, 7) is 6.96. The monoisotopic (exact) mass is 537 g/mol. The lowest BCUT2D eigenvalue weighted by Crippen LogP contribution is -2.20. The maximum absolute atomic E-state index is 13.8. The van der Waals surface area contributed by atoms with E-state index in [2.05, 4.69) is 0 Å². The van der Waals surface area contributed by atoms with Gasteiger partial charge in [0.05, 0.1) is 12.7 Å². The van der Waals surface area contributed by atoms with Crippen molar-refractivity contribution >= 4 is 22.6 Å². The van der Waals surface area contributed by atoms with E-state index in [1.807, 2.05) is 28.7 Å². The topological polar surface area (TPSA) is 60.7 Å². The molecule has 0 spiro atoms. The van der Waals surface area contributed by atoms with Crippen LogP contribution in [0, 0.1) is 23.2 Å². The maximum Gasteiger partial charge on any atom is 0.267 e. The van der Waals surface area contributed by atoms with E-state index >= 15 is 0 Å². The summed E-state index contributed by atoms with van der Waals surface area (Å²) in [7, 11) is 3.18. The quantitative estimate of drug-likeness (QED) is 0.441. The van der Waals surface area contributed by atoms with E-state index in [0.717, 1.165) is 0 Å². The zero-order chi connectivity index (χ0) is 23.1. The first-order valence-corrected chi connectivity index (χ1v) is 10.8. The Balaban J connectivity index is 2.30. The fraction of sp³-hybridized carbons (Fsp3) is 0.292. The van der Waals surface area contributed by atoms with Crippen LogP contribution in [0.1, 0.15) is 30.5 Å². The molecular weight excluding hydrogens is 512 g/mol. The van der Waals surface area contributed by atoms with Gasteiger partial charge in [0.1, 0.15) is 26.6 Å². The average Bonchev–Trinajstić information content (AvgIpc) is 2.68. The van der Waals surface area contributed by atoms with Gasteiger partial charge in [0.25, 0.3) is 5.56 Å². The summed E-state index contributed by atoms with van der Waals surface area (Å²) in [5.74, 6) is 1.15. The molecule has 0 aliphatic carbocycles. The van der Waals surface area contributed by atoms with Gasteiger partial charge in [0.15, 0.2) is 0 Å². The van der Waals surface area contributed by atoms with Gasteiger partial charge in [0.2, 0.25) is 0 Å². The number of aromatic nitrogens is 1. The van der Waals surface area contributed by atoms with Gasteiger partial charge in [-0.05, 0) is 91.2 Å². The number of methoxy groups -OCH3 is 1. The Bertz CT molecular complexity index is 1190. The Hall–Kier alpha value is -2.39. The first kappa shape index (κ1) is 23.3. The Labute approximate surface area is 194 Å². The van der Waals surface area contributed by atoms with Crippen LogP contribution in [-0.2, 0) is 12.6 Å². The van der Waals surface area contributed by atoms with Crippen LogP contribution < -0.4 is 15.0 Å². The average molecular weight is 537 g/mol. The second kappa shape index (κ2) is 8.63. The third-order valence-electron chi connectivity index (χ3n) is 5.09. The minimum Gasteiger partial charge on any atom is -0.495 e. The van der Waals surface area contributed by atoms with Gasteiger partial charge in [-0.15, -0.1) is 0 Å². The second-order valence-corrected chi connectivity index (χ2v) is 9.13. The minimum atomic E-state index is -1.09. The normalized spacial score (nSPS) is 11.5. The molecule has 164 valence electrons.